The lowest BCUT2D eigenvalue weighted by atomic mass is 10.00. The van der Waals surface area contributed by atoms with Crippen molar-refractivity contribution < 1.29 is 48.5 Å². The minimum Gasteiger partial charge on any atom is -0.445 e. The summed E-state index contributed by atoms with van der Waals surface area (Å²) in [5.74, 6) is -1.66. The molecular formula is C55H74N6O10. The molecule has 6 amide bonds. The Kier molecular flexibility index (Phi) is 21.6. The predicted molar refractivity (Wildman–Crippen MR) is 271 cm³/mol. The SMILES string of the molecule is C.CC(C)(C)NC(=O)[C@@H]1CCCN1C(=O)[C@@H](O)C(Cc1ccccc1)NC(=O)OCc1ccccc1.CC(C)(C)NC(=O)[C@@H]1CCCN1C(=O)[C@H](O)C(Cc1ccccc1)NC(=O)OCc1ccccc1. The summed E-state index contributed by atoms with van der Waals surface area (Å²) in [5.41, 5.74) is 2.46. The molecule has 6 atom stereocenters. The van der Waals surface area contributed by atoms with E-state index in [1.165, 1.54) is 9.80 Å². The number of hydrogen-bond acceptors (Lipinski definition) is 10. The third kappa shape index (κ3) is 18.5. The van der Waals surface area contributed by atoms with Gasteiger partial charge in [0.1, 0.15) is 25.3 Å². The number of ether oxygens (including phenoxy) is 2. The number of benzene rings is 4. The van der Waals surface area contributed by atoms with Crippen LogP contribution in [0.2, 0.25) is 0 Å². The Balaban J connectivity index is 0.000000304. The first kappa shape index (κ1) is 56.8. The smallest absolute Gasteiger partial charge is 0.407 e. The third-order valence-electron chi connectivity index (χ3n) is 11.6. The molecule has 2 fully saturated rings. The maximum Gasteiger partial charge on any atom is 0.407 e. The quantitative estimate of drug-likeness (QED) is 0.0746. The fraction of sp³-hybridized carbons (Fsp3) is 0.455. The molecule has 2 aliphatic rings. The fourth-order valence-electron chi connectivity index (χ4n) is 8.25. The number of hydrogen-bond donors (Lipinski definition) is 6. The molecule has 16 nitrogen and oxygen atoms in total. The number of likely N-dealkylation sites (tertiary alicyclic amines) is 2. The number of amides is 6. The Morgan fingerprint density at radius 3 is 1.11 bits per heavy atom. The van der Waals surface area contributed by atoms with Crippen LogP contribution in [-0.2, 0) is 54.7 Å². The van der Waals surface area contributed by atoms with Gasteiger partial charge in [0.05, 0.1) is 12.1 Å². The molecule has 2 unspecified atom stereocenters. The summed E-state index contributed by atoms with van der Waals surface area (Å²) in [6.07, 6.45) is -1.72. The summed E-state index contributed by atoms with van der Waals surface area (Å²) in [6, 6.07) is 33.9. The molecule has 0 saturated carbocycles. The van der Waals surface area contributed by atoms with Crippen LogP contribution < -0.4 is 21.3 Å². The molecule has 71 heavy (non-hydrogen) atoms. The van der Waals surface area contributed by atoms with Crippen LogP contribution in [0.3, 0.4) is 0 Å². The van der Waals surface area contributed by atoms with Gasteiger partial charge in [0, 0.05) is 24.2 Å². The van der Waals surface area contributed by atoms with Gasteiger partial charge >= 0.3 is 12.2 Å². The van der Waals surface area contributed by atoms with Crippen LogP contribution in [0, 0.1) is 0 Å². The molecule has 2 aliphatic heterocycles. The lowest BCUT2D eigenvalue weighted by Crippen LogP contribution is -2.57. The molecule has 0 spiro atoms. The second kappa shape index (κ2) is 27.0. The number of nitrogens with one attached hydrogen (secondary N) is 4. The number of aliphatic hydroxyl groups excluding tert-OH is 2. The van der Waals surface area contributed by atoms with Gasteiger partial charge in [-0.25, -0.2) is 9.59 Å². The minimum absolute atomic E-state index is 0. The summed E-state index contributed by atoms with van der Waals surface area (Å²) in [6.45, 7) is 12.1. The van der Waals surface area contributed by atoms with Gasteiger partial charge in [0.2, 0.25) is 11.8 Å². The van der Waals surface area contributed by atoms with Crippen LogP contribution in [0.5, 0.6) is 0 Å². The van der Waals surface area contributed by atoms with E-state index in [4.69, 9.17) is 9.47 Å². The standard InChI is InChI=1S/2C27H35N3O5.CH4/c2*1-27(2,3)29-24(32)22-15-10-16-30(22)25(33)23(31)21(17-19-11-6-4-7-12-19)28-26(34)35-18-20-13-8-5-9-14-20;/h2*4-9,11-14,21-23,31H,10,15-18H2,1-3H3,(H,28,34)(H,29,32);1H4/t21?,22-,23+;21?,22-,23-;/m00./s1. The van der Waals surface area contributed by atoms with E-state index in [1.54, 1.807) is 0 Å². The summed E-state index contributed by atoms with van der Waals surface area (Å²) < 4.78 is 10.6. The van der Waals surface area contributed by atoms with Crippen molar-refractivity contribution in [2.24, 2.45) is 0 Å². The molecule has 0 aliphatic carbocycles. The lowest BCUT2D eigenvalue weighted by Gasteiger charge is -2.31. The maximum absolute atomic E-state index is 13.3. The summed E-state index contributed by atoms with van der Waals surface area (Å²) in [4.78, 5) is 80.2. The van der Waals surface area contributed by atoms with E-state index in [1.807, 2.05) is 163 Å². The second-order valence-electron chi connectivity index (χ2n) is 19.8. The van der Waals surface area contributed by atoms with Crippen molar-refractivity contribution in [1.82, 2.24) is 31.1 Å². The fourth-order valence-corrected chi connectivity index (χ4v) is 8.25. The largest absolute Gasteiger partial charge is 0.445 e. The Bertz CT molecular complexity index is 2150. The average Bonchev–Trinajstić information content (AvgIpc) is 4.04. The van der Waals surface area contributed by atoms with Gasteiger partial charge in [-0.2, -0.15) is 0 Å². The first-order valence-electron chi connectivity index (χ1n) is 23.9. The maximum atomic E-state index is 13.3. The molecule has 0 bridgehead atoms. The number of carbonyl (C=O) groups excluding carboxylic acids is 6. The van der Waals surface area contributed by atoms with E-state index in [-0.39, 0.29) is 45.3 Å². The molecule has 4 aromatic rings. The highest BCUT2D eigenvalue weighted by Crippen LogP contribution is 2.23. The van der Waals surface area contributed by atoms with E-state index in [0.717, 1.165) is 22.3 Å². The predicted octanol–water partition coefficient (Wildman–Crippen LogP) is 6.22. The average molecular weight is 979 g/mol. The van der Waals surface area contributed by atoms with E-state index in [9.17, 15) is 39.0 Å². The van der Waals surface area contributed by atoms with Gasteiger partial charge in [0.25, 0.3) is 11.8 Å². The topological polar surface area (TPSA) is 216 Å². The van der Waals surface area contributed by atoms with E-state index in [0.29, 0.717) is 38.8 Å². The Morgan fingerprint density at radius 1 is 0.521 bits per heavy atom. The Morgan fingerprint density at radius 2 is 0.817 bits per heavy atom. The zero-order valence-corrected chi connectivity index (χ0v) is 41.1. The van der Waals surface area contributed by atoms with Crippen LogP contribution in [0.1, 0.15) is 96.9 Å². The molecule has 6 rings (SSSR count). The van der Waals surface area contributed by atoms with Crippen LogP contribution in [-0.4, -0.2) is 116 Å². The highest BCUT2D eigenvalue weighted by atomic mass is 16.6. The van der Waals surface area contributed by atoms with Crippen LogP contribution in [0.4, 0.5) is 9.59 Å². The van der Waals surface area contributed by atoms with Crippen molar-refractivity contribution >= 4 is 35.8 Å². The molecule has 0 aromatic heterocycles. The van der Waals surface area contributed by atoms with Gasteiger partial charge in [-0.3, -0.25) is 19.2 Å². The molecule has 2 heterocycles. The first-order valence-corrected chi connectivity index (χ1v) is 23.9. The minimum atomic E-state index is -1.54. The molecular weight excluding hydrogens is 905 g/mol. The van der Waals surface area contributed by atoms with Crippen molar-refractivity contribution in [2.45, 2.75) is 148 Å². The van der Waals surface area contributed by atoms with Crippen LogP contribution in [0.15, 0.2) is 121 Å². The second-order valence-corrected chi connectivity index (χ2v) is 19.8. The first-order chi connectivity index (χ1) is 33.3. The zero-order valence-electron chi connectivity index (χ0n) is 41.1. The number of carbonyl (C=O) groups is 6. The summed E-state index contributed by atoms with van der Waals surface area (Å²) in [7, 11) is 0. The highest BCUT2D eigenvalue weighted by molar-refractivity contribution is 5.91. The summed E-state index contributed by atoms with van der Waals surface area (Å²) >= 11 is 0. The number of aliphatic hydroxyl groups is 2. The molecule has 0 radical (unpaired) electrons. The summed E-state index contributed by atoms with van der Waals surface area (Å²) in [5, 5.41) is 33.3. The van der Waals surface area contributed by atoms with Crippen molar-refractivity contribution in [3.8, 4) is 0 Å². The number of alkyl carbamates (subject to hydrolysis) is 2. The molecule has 384 valence electrons. The normalized spacial score (nSPS) is 17.1. The Labute approximate surface area is 418 Å². The van der Waals surface area contributed by atoms with Crippen molar-refractivity contribution in [1.29, 1.82) is 0 Å². The van der Waals surface area contributed by atoms with Gasteiger partial charge in [-0.15, -0.1) is 0 Å². The van der Waals surface area contributed by atoms with Crippen LogP contribution in [0.25, 0.3) is 0 Å². The van der Waals surface area contributed by atoms with E-state index >= 15 is 0 Å². The molecule has 4 aromatic carbocycles. The number of rotatable bonds is 16. The monoisotopic (exact) mass is 979 g/mol. The highest BCUT2D eigenvalue weighted by Gasteiger charge is 2.42. The Hall–Kier alpha value is -6.78. The van der Waals surface area contributed by atoms with Crippen molar-refractivity contribution in [3.05, 3.63) is 144 Å². The van der Waals surface area contributed by atoms with Crippen molar-refractivity contribution in [2.75, 3.05) is 13.1 Å². The van der Waals surface area contributed by atoms with Gasteiger partial charge in [-0.1, -0.05) is 129 Å². The van der Waals surface area contributed by atoms with Crippen molar-refractivity contribution in [3.63, 3.8) is 0 Å². The van der Waals surface area contributed by atoms with Gasteiger partial charge < -0.3 is 50.8 Å². The third-order valence-corrected chi connectivity index (χ3v) is 11.6. The zero-order chi connectivity index (χ0) is 50.8. The molecule has 6 N–H and O–H groups in total. The number of nitrogens with zero attached hydrogens (tertiary/aromatic N) is 2. The molecule has 16 heteroatoms. The van der Waals surface area contributed by atoms with Crippen LogP contribution >= 0.6 is 0 Å². The van der Waals surface area contributed by atoms with E-state index in [2.05, 4.69) is 21.3 Å². The van der Waals surface area contributed by atoms with Gasteiger partial charge in [-0.05, 0) is 102 Å². The molecule has 2 saturated heterocycles. The lowest BCUT2D eigenvalue weighted by molar-refractivity contribution is -0.146. The van der Waals surface area contributed by atoms with E-state index < -0.39 is 71.5 Å². The van der Waals surface area contributed by atoms with Gasteiger partial charge in [0.15, 0.2) is 12.2 Å².